The van der Waals surface area contributed by atoms with E-state index >= 15 is 0 Å². The third-order valence-electron chi connectivity index (χ3n) is 3.59. The molecule has 0 aliphatic rings. The smallest absolute Gasteiger partial charge is 0.339 e. The average molecular weight is 441 g/mol. The number of hydrogen-bond acceptors (Lipinski definition) is 3. The largest absolute Gasteiger partial charge is 0.457 e. The van der Waals surface area contributed by atoms with Crippen LogP contribution in [0.5, 0.6) is 0 Å². The third kappa shape index (κ3) is 4.76. The summed E-state index contributed by atoms with van der Waals surface area (Å²) in [5.74, 6) is -0.353. The van der Waals surface area contributed by atoms with Gasteiger partial charge in [-0.05, 0) is 46.4 Å². The van der Waals surface area contributed by atoms with E-state index in [0.717, 1.165) is 20.4 Å². The minimum absolute atomic E-state index is 0.252. The van der Waals surface area contributed by atoms with E-state index in [1.807, 2.05) is 72.8 Å². The van der Waals surface area contributed by atoms with Crippen LogP contribution in [-0.2, 0) is 11.3 Å². The number of para-hydroxylation sites is 1. The molecule has 0 unspecified atom stereocenters. The van der Waals surface area contributed by atoms with Crippen molar-refractivity contribution in [3.05, 3.63) is 99.1 Å². The molecule has 0 spiro atoms. The maximum absolute atomic E-state index is 12.4. The summed E-state index contributed by atoms with van der Waals surface area (Å²) in [6, 6.07) is 24.8. The molecule has 0 saturated heterocycles. The van der Waals surface area contributed by atoms with E-state index in [0.29, 0.717) is 5.56 Å². The number of nitrogens with zero attached hydrogens (tertiary/aromatic N) is 1. The monoisotopic (exact) mass is 441 g/mol. The third-order valence-corrected chi connectivity index (χ3v) is 4.50. The van der Waals surface area contributed by atoms with Gasteiger partial charge in [-0.25, -0.2) is 4.79 Å². The lowest BCUT2D eigenvalue weighted by molar-refractivity contribution is 0.0472. The molecule has 3 aromatic rings. The average Bonchev–Trinajstić information content (AvgIpc) is 2.66. The number of halogens is 1. The van der Waals surface area contributed by atoms with Gasteiger partial charge in [-0.15, -0.1) is 0 Å². The highest BCUT2D eigenvalue weighted by molar-refractivity contribution is 14.1. The predicted molar refractivity (Wildman–Crippen MR) is 108 cm³/mol. The van der Waals surface area contributed by atoms with Crippen LogP contribution < -0.4 is 0 Å². The number of carbonyl (C=O) groups is 1. The van der Waals surface area contributed by atoms with E-state index in [1.54, 1.807) is 12.3 Å². The van der Waals surface area contributed by atoms with Crippen molar-refractivity contribution in [1.29, 1.82) is 0 Å². The van der Waals surface area contributed by atoms with Crippen LogP contribution in [0.4, 0.5) is 5.69 Å². The molecule has 0 N–H and O–H groups in total. The molecule has 25 heavy (non-hydrogen) atoms. The van der Waals surface area contributed by atoms with Crippen molar-refractivity contribution >= 4 is 40.5 Å². The first-order valence-corrected chi connectivity index (χ1v) is 8.90. The quantitative estimate of drug-likeness (QED) is 0.302. The molecule has 3 rings (SSSR count). The Bertz CT molecular complexity index is 891. The molecule has 3 aromatic carbocycles. The van der Waals surface area contributed by atoms with Crippen LogP contribution in [0, 0.1) is 3.57 Å². The number of aliphatic imine (C=N–C) groups is 1. The first-order valence-electron chi connectivity index (χ1n) is 7.83. The van der Waals surface area contributed by atoms with E-state index in [1.165, 1.54) is 0 Å². The van der Waals surface area contributed by atoms with Gasteiger partial charge in [0.15, 0.2) is 0 Å². The molecule has 0 amide bonds. The van der Waals surface area contributed by atoms with Gasteiger partial charge in [-0.2, -0.15) is 0 Å². The highest BCUT2D eigenvalue weighted by Crippen LogP contribution is 2.20. The van der Waals surface area contributed by atoms with Crippen LogP contribution in [-0.4, -0.2) is 12.2 Å². The van der Waals surface area contributed by atoms with Gasteiger partial charge in [-0.3, -0.25) is 4.99 Å². The van der Waals surface area contributed by atoms with E-state index in [2.05, 4.69) is 27.6 Å². The van der Waals surface area contributed by atoms with Gasteiger partial charge in [0.25, 0.3) is 0 Å². The lowest BCUT2D eigenvalue weighted by Gasteiger charge is -2.07. The van der Waals surface area contributed by atoms with Gasteiger partial charge < -0.3 is 4.74 Å². The van der Waals surface area contributed by atoms with Crippen LogP contribution in [0.25, 0.3) is 0 Å². The number of carbonyl (C=O) groups excluding carboxylic acids is 1. The Labute approximate surface area is 160 Å². The van der Waals surface area contributed by atoms with E-state index in [-0.39, 0.29) is 12.6 Å². The molecule has 0 aromatic heterocycles. The molecule has 0 heterocycles. The molecule has 3 nitrogen and oxygen atoms in total. The lowest BCUT2D eigenvalue weighted by Crippen LogP contribution is -2.08. The summed E-state index contributed by atoms with van der Waals surface area (Å²) < 4.78 is 6.48. The maximum atomic E-state index is 12.4. The normalized spacial score (nSPS) is 10.8. The Morgan fingerprint density at radius 1 is 0.920 bits per heavy atom. The Kier molecular flexibility index (Phi) is 5.95. The van der Waals surface area contributed by atoms with Crippen LogP contribution in [0.1, 0.15) is 21.5 Å². The minimum Gasteiger partial charge on any atom is -0.457 e. The van der Waals surface area contributed by atoms with E-state index in [4.69, 9.17) is 4.74 Å². The molecular weight excluding hydrogens is 425 g/mol. The molecule has 0 bridgehead atoms. The number of esters is 1. The highest BCUT2D eigenvalue weighted by Gasteiger charge is 2.11. The summed E-state index contributed by atoms with van der Waals surface area (Å²) in [6.45, 7) is 0.252. The van der Waals surface area contributed by atoms with Crippen molar-refractivity contribution in [3.8, 4) is 0 Å². The Morgan fingerprint density at radius 2 is 1.60 bits per heavy atom. The Hall–Kier alpha value is -2.47. The number of hydrogen-bond donors (Lipinski definition) is 0. The van der Waals surface area contributed by atoms with Crippen molar-refractivity contribution in [3.63, 3.8) is 0 Å². The van der Waals surface area contributed by atoms with Gasteiger partial charge >= 0.3 is 5.97 Å². The fourth-order valence-electron chi connectivity index (χ4n) is 2.29. The Balaban J connectivity index is 1.76. The summed E-state index contributed by atoms with van der Waals surface area (Å²) in [4.78, 5) is 16.9. The Morgan fingerprint density at radius 3 is 2.40 bits per heavy atom. The number of benzene rings is 3. The lowest BCUT2D eigenvalue weighted by atomic mass is 10.1. The second-order valence-corrected chi connectivity index (χ2v) is 6.52. The fraction of sp³-hybridized carbons (Fsp3) is 0.0476. The van der Waals surface area contributed by atoms with Gasteiger partial charge in [0.2, 0.25) is 0 Å². The van der Waals surface area contributed by atoms with E-state index in [9.17, 15) is 4.79 Å². The SMILES string of the molecule is O=C(OCc1ccccc1)c1ccccc1C=Nc1ccccc1I. The second kappa shape index (κ2) is 8.58. The van der Waals surface area contributed by atoms with Crippen LogP contribution in [0.15, 0.2) is 83.9 Å². The molecule has 0 saturated carbocycles. The number of rotatable bonds is 5. The van der Waals surface area contributed by atoms with Gasteiger partial charge in [-0.1, -0.05) is 60.7 Å². The summed E-state index contributed by atoms with van der Waals surface area (Å²) in [5, 5.41) is 0. The van der Waals surface area contributed by atoms with Crippen molar-refractivity contribution in [2.45, 2.75) is 6.61 Å². The molecular formula is C21H16INO2. The van der Waals surface area contributed by atoms with Crippen molar-refractivity contribution < 1.29 is 9.53 Å². The maximum Gasteiger partial charge on any atom is 0.339 e. The number of ether oxygens (including phenoxy) is 1. The van der Waals surface area contributed by atoms with Gasteiger partial charge in [0.05, 0.1) is 11.3 Å². The molecule has 0 fully saturated rings. The first kappa shape index (κ1) is 17.4. The van der Waals surface area contributed by atoms with Crippen LogP contribution >= 0.6 is 22.6 Å². The molecule has 0 atom stereocenters. The minimum atomic E-state index is -0.353. The van der Waals surface area contributed by atoms with Gasteiger partial charge in [0, 0.05) is 15.3 Å². The molecule has 0 radical (unpaired) electrons. The van der Waals surface area contributed by atoms with E-state index < -0.39 is 0 Å². The summed E-state index contributed by atoms with van der Waals surface area (Å²) in [5.41, 5.74) is 3.07. The highest BCUT2D eigenvalue weighted by atomic mass is 127. The van der Waals surface area contributed by atoms with Crippen molar-refractivity contribution in [2.75, 3.05) is 0 Å². The van der Waals surface area contributed by atoms with Crippen LogP contribution in [0.3, 0.4) is 0 Å². The zero-order valence-corrected chi connectivity index (χ0v) is 15.6. The summed E-state index contributed by atoms with van der Waals surface area (Å²) in [6.07, 6.45) is 1.70. The zero-order chi connectivity index (χ0) is 17.5. The standard InChI is InChI=1S/C21H16INO2/c22-19-12-6-7-13-20(19)23-14-17-10-4-5-11-18(17)21(24)25-15-16-8-2-1-3-9-16/h1-14H,15H2. The second-order valence-electron chi connectivity index (χ2n) is 5.36. The molecule has 124 valence electrons. The fourth-order valence-corrected chi connectivity index (χ4v) is 2.82. The molecule has 4 heteroatoms. The molecule has 0 aliphatic carbocycles. The summed E-state index contributed by atoms with van der Waals surface area (Å²) >= 11 is 2.24. The zero-order valence-electron chi connectivity index (χ0n) is 13.4. The first-order chi connectivity index (χ1) is 12.2. The van der Waals surface area contributed by atoms with Crippen molar-refractivity contribution in [1.82, 2.24) is 0 Å². The topological polar surface area (TPSA) is 38.7 Å². The van der Waals surface area contributed by atoms with Crippen molar-refractivity contribution in [2.24, 2.45) is 4.99 Å². The molecule has 0 aliphatic heterocycles. The van der Waals surface area contributed by atoms with Gasteiger partial charge in [0.1, 0.15) is 6.61 Å². The summed E-state index contributed by atoms with van der Waals surface area (Å²) in [7, 11) is 0. The predicted octanol–water partition coefficient (Wildman–Crippen LogP) is 5.40. The van der Waals surface area contributed by atoms with Crippen LogP contribution in [0.2, 0.25) is 0 Å².